The molecular weight excluding hydrogens is 405 g/mol. The van der Waals surface area contributed by atoms with Crippen LogP contribution < -0.4 is 10.1 Å². The average molecular weight is 427 g/mol. The van der Waals surface area contributed by atoms with Crippen molar-refractivity contribution in [1.29, 1.82) is 0 Å². The van der Waals surface area contributed by atoms with Gasteiger partial charge in [0, 0.05) is 35.9 Å². The third-order valence-corrected chi connectivity index (χ3v) is 5.40. The van der Waals surface area contributed by atoms with Gasteiger partial charge < -0.3 is 19.0 Å². The Morgan fingerprint density at radius 3 is 2.66 bits per heavy atom. The van der Waals surface area contributed by atoms with Gasteiger partial charge in [0.15, 0.2) is 5.65 Å². The first-order valence-electron chi connectivity index (χ1n) is 10.2. The summed E-state index contributed by atoms with van der Waals surface area (Å²) in [4.78, 5) is 9.11. The topological polar surface area (TPSA) is 56.4 Å². The summed E-state index contributed by atoms with van der Waals surface area (Å²) in [5.41, 5.74) is 6.89. The van der Waals surface area contributed by atoms with Crippen molar-refractivity contribution >= 4 is 17.0 Å². The monoisotopic (exact) mass is 427 g/mol. The molecule has 160 valence electrons. The molecule has 0 aliphatic heterocycles. The predicted octanol–water partition coefficient (Wildman–Crippen LogP) is 5.70. The molecule has 6 nitrogen and oxygen atoms in total. The Balaban J connectivity index is 1.51. The summed E-state index contributed by atoms with van der Waals surface area (Å²) in [6.07, 6.45) is 7.62. The molecule has 0 amide bonds. The van der Waals surface area contributed by atoms with E-state index in [9.17, 15) is 4.39 Å². The number of hydrogen-bond acceptors (Lipinski definition) is 4. The first-order chi connectivity index (χ1) is 15.5. The van der Waals surface area contributed by atoms with Gasteiger partial charge in [-0.15, -0.1) is 0 Å². The second kappa shape index (κ2) is 7.85. The molecule has 7 heteroatoms. The van der Waals surface area contributed by atoms with Crippen LogP contribution >= 0.6 is 0 Å². The third kappa shape index (κ3) is 3.58. The molecule has 0 atom stereocenters. The van der Waals surface area contributed by atoms with Gasteiger partial charge in [0.2, 0.25) is 0 Å². The Bertz CT molecular complexity index is 1440. The highest BCUT2D eigenvalue weighted by Crippen LogP contribution is 2.31. The fourth-order valence-electron chi connectivity index (χ4n) is 3.83. The molecule has 2 aromatic carbocycles. The minimum atomic E-state index is -0.249. The highest BCUT2D eigenvalue weighted by molar-refractivity contribution is 5.78. The number of benzene rings is 2. The van der Waals surface area contributed by atoms with Crippen molar-refractivity contribution in [3.63, 3.8) is 0 Å². The van der Waals surface area contributed by atoms with Crippen molar-refractivity contribution in [2.24, 2.45) is 0 Å². The van der Waals surface area contributed by atoms with Crippen LogP contribution in [0, 0.1) is 19.7 Å². The lowest BCUT2D eigenvalue weighted by molar-refractivity contribution is 0.413. The highest BCUT2D eigenvalue weighted by Gasteiger charge is 2.12. The minimum absolute atomic E-state index is 0.249. The number of aryl methyl sites for hydroxylation is 2. The fourth-order valence-corrected chi connectivity index (χ4v) is 3.83. The number of pyridine rings is 1. The molecule has 0 aliphatic rings. The Hall–Kier alpha value is -4.13. The average Bonchev–Trinajstić information content (AvgIpc) is 3.40. The van der Waals surface area contributed by atoms with Gasteiger partial charge in [0.1, 0.15) is 11.6 Å². The molecule has 0 saturated heterocycles. The molecule has 3 aromatic heterocycles. The van der Waals surface area contributed by atoms with E-state index >= 15 is 0 Å². The second-order valence-corrected chi connectivity index (χ2v) is 7.67. The summed E-state index contributed by atoms with van der Waals surface area (Å²) in [6, 6.07) is 14.6. The van der Waals surface area contributed by atoms with Gasteiger partial charge in [0.25, 0.3) is 0 Å². The van der Waals surface area contributed by atoms with Crippen LogP contribution in [0.1, 0.15) is 11.3 Å². The first-order valence-corrected chi connectivity index (χ1v) is 10.2. The van der Waals surface area contributed by atoms with E-state index in [4.69, 9.17) is 9.72 Å². The quantitative estimate of drug-likeness (QED) is 0.391. The van der Waals surface area contributed by atoms with Crippen molar-refractivity contribution in [3.8, 4) is 22.7 Å². The summed E-state index contributed by atoms with van der Waals surface area (Å²) >= 11 is 0. The number of anilines is 2. The van der Waals surface area contributed by atoms with Gasteiger partial charge in [-0.3, -0.25) is 0 Å². The number of rotatable bonds is 5. The van der Waals surface area contributed by atoms with Crippen molar-refractivity contribution < 1.29 is 9.13 Å². The lowest BCUT2D eigenvalue weighted by Crippen LogP contribution is -1.99. The van der Waals surface area contributed by atoms with Gasteiger partial charge >= 0.3 is 0 Å². The maximum Gasteiger partial charge on any atom is 0.161 e. The number of halogens is 1. The van der Waals surface area contributed by atoms with Crippen LogP contribution in [0.5, 0.6) is 5.75 Å². The van der Waals surface area contributed by atoms with Crippen LogP contribution in [-0.4, -0.2) is 26.0 Å². The van der Waals surface area contributed by atoms with E-state index < -0.39 is 0 Å². The smallest absolute Gasteiger partial charge is 0.161 e. The molecule has 3 heterocycles. The van der Waals surface area contributed by atoms with E-state index in [1.807, 2.05) is 71.7 Å². The Morgan fingerprint density at radius 2 is 1.91 bits per heavy atom. The molecule has 1 N–H and O–H groups in total. The first kappa shape index (κ1) is 19.8. The summed E-state index contributed by atoms with van der Waals surface area (Å²) in [5, 5.41) is 3.45. The number of ether oxygens (including phenoxy) is 1. The van der Waals surface area contributed by atoms with Gasteiger partial charge in [-0.1, -0.05) is 0 Å². The maximum atomic E-state index is 13.5. The Kier molecular flexibility index (Phi) is 4.86. The maximum absolute atomic E-state index is 13.5. The second-order valence-electron chi connectivity index (χ2n) is 7.67. The molecule has 0 aliphatic carbocycles. The molecule has 32 heavy (non-hydrogen) atoms. The summed E-state index contributed by atoms with van der Waals surface area (Å²) < 4.78 is 23.0. The standard InChI is InChI=1S/C25H22FN5O/c1-16-11-18(26)6-8-20(16)22-14-30-10-4-5-21(25(30)29-22)28-19-7-9-23(24(12-19)32-3)31-13-17(2)27-15-31/h4-15,28H,1-3H3. The van der Waals surface area contributed by atoms with Crippen molar-refractivity contribution in [2.75, 3.05) is 12.4 Å². The molecule has 0 spiro atoms. The van der Waals surface area contributed by atoms with Crippen LogP contribution in [0.3, 0.4) is 0 Å². The lowest BCUT2D eigenvalue weighted by atomic mass is 10.1. The van der Waals surface area contributed by atoms with E-state index in [2.05, 4.69) is 10.3 Å². The molecule has 0 bridgehead atoms. The molecule has 5 aromatic rings. The Labute approximate surface area is 185 Å². The molecular formula is C25H22FN5O. The van der Waals surface area contributed by atoms with Crippen LogP contribution in [0.15, 0.2) is 73.4 Å². The van der Waals surface area contributed by atoms with E-state index in [0.29, 0.717) is 0 Å². The minimum Gasteiger partial charge on any atom is -0.494 e. The number of imidazole rings is 2. The summed E-state index contributed by atoms with van der Waals surface area (Å²) in [6.45, 7) is 3.84. The zero-order chi connectivity index (χ0) is 22.2. The third-order valence-electron chi connectivity index (χ3n) is 5.40. The van der Waals surface area contributed by atoms with Crippen LogP contribution in [0.2, 0.25) is 0 Å². The van der Waals surface area contributed by atoms with Crippen LogP contribution in [-0.2, 0) is 0 Å². The van der Waals surface area contributed by atoms with Crippen molar-refractivity contribution in [2.45, 2.75) is 13.8 Å². The lowest BCUT2D eigenvalue weighted by Gasteiger charge is -2.13. The summed E-state index contributed by atoms with van der Waals surface area (Å²) in [5.74, 6) is 0.478. The normalized spacial score (nSPS) is 11.1. The van der Waals surface area contributed by atoms with E-state index in [1.54, 1.807) is 19.5 Å². The number of nitrogens with zero attached hydrogens (tertiary/aromatic N) is 4. The van der Waals surface area contributed by atoms with Gasteiger partial charge in [-0.05, 0) is 61.9 Å². The zero-order valence-corrected chi connectivity index (χ0v) is 18.0. The van der Waals surface area contributed by atoms with Crippen LogP contribution in [0.4, 0.5) is 15.8 Å². The number of methoxy groups -OCH3 is 1. The molecule has 0 radical (unpaired) electrons. The van der Waals surface area contributed by atoms with E-state index in [1.165, 1.54) is 12.1 Å². The van der Waals surface area contributed by atoms with E-state index in [0.717, 1.165) is 51.0 Å². The summed E-state index contributed by atoms with van der Waals surface area (Å²) in [7, 11) is 1.65. The molecule has 0 unspecified atom stereocenters. The Morgan fingerprint density at radius 1 is 1.03 bits per heavy atom. The van der Waals surface area contributed by atoms with E-state index in [-0.39, 0.29) is 5.82 Å². The molecule has 0 fully saturated rings. The molecule has 5 rings (SSSR count). The largest absolute Gasteiger partial charge is 0.494 e. The van der Waals surface area contributed by atoms with Crippen LogP contribution in [0.25, 0.3) is 22.6 Å². The van der Waals surface area contributed by atoms with Crippen molar-refractivity contribution in [1.82, 2.24) is 18.9 Å². The van der Waals surface area contributed by atoms with Crippen molar-refractivity contribution in [3.05, 3.63) is 90.5 Å². The number of aromatic nitrogens is 4. The van der Waals surface area contributed by atoms with Gasteiger partial charge in [-0.2, -0.15) is 0 Å². The number of hydrogen-bond donors (Lipinski definition) is 1. The fraction of sp³-hybridized carbons (Fsp3) is 0.120. The predicted molar refractivity (Wildman–Crippen MR) is 123 cm³/mol. The molecule has 0 saturated carbocycles. The number of fused-ring (bicyclic) bond motifs is 1. The SMILES string of the molecule is COc1cc(Nc2cccn3cc(-c4ccc(F)cc4C)nc23)ccc1-n1cnc(C)c1. The van der Waals surface area contributed by atoms with Gasteiger partial charge in [0.05, 0.1) is 36.2 Å². The number of nitrogens with one attached hydrogen (secondary N) is 1. The zero-order valence-electron chi connectivity index (χ0n) is 18.0. The highest BCUT2D eigenvalue weighted by atomic mass is 19.1. The van der Waals surface area contributed by atoms with Gasteiger partial charge in [-0.25, -0.2) is 14.4 Å².